The molecule has 1 rings (SSSR count). The van der Waals surface area contributed by atoms with Crippen molar-refractivity contribution >= 4 is 15.9 Å². The predicted molar refractivity (Wildman–Crippen MR) is 46.0 cm³/mol. The topological polar surface area (TPSA) is 12.9 Å². The van der Waals surface area contributed by atoms with Gasteiger partial charge in [0.2, 0.25) is 5.95 Å². The highest BCUT2D eigenvalue weighted by atomic mass is 79.9. The Morgan fingerprint density at radius 3 is 3.00 bits per heavy atom. The molecule has 0 radical (unpaired) electrons. The average molecular weight is 225 g/mol. The maximum Gasteiger partial charge on any atom is 0.214 e. The van der Waals surface area contributed by atoms with Crippen molar-refractivity contribution in [2.45, 2.75) is 19.6 Å². The lowest BCUT2D eigenvalue weighted by Crippen LogP contribution is -1.94. The van der Waals surface area contributed by atoms with E-state index >= 15 is 0 Å². The van der Waals surface area contributed by atoms with Gasteiger partial charge in [-0.25, -0.2) is 4.98 Å². The predicted octanol–water partition coefficient (Wildman–Crippen LogP) is 3.11. The SMILES string of the molecule is [2H]C([2H])([2H])C([2H])(c1cc(Br)cc(F)n1)C([2H])([2H])[2H]. The highest BCUT2D eigenvalue weighted by molar-refractivity contribution is 9.10. The Bertz CT molecular complexity index is 421. The van der Waals surface area contributed by atoms with Gasteiger partial charge in [0, 0.05) is 25.8 Å². The van der Waals surface area contributed by atoms with Crippen LogP contribution in [0, 0.1) is 5.95 Å². The van der Waals surface area contributed by atoms with Crippen molar-refractivity contribution in [2.24, 2.45) is 0 Å². The summed E-state index contributed by atoms with van der Waals surface area (Å²) < 4.78 is 64.4. The van der Waals surface area contributed by atoms with Gasteiger partial charge in [-0.05, 0) is 12.0 Å². The van der Waals surface area contributed by atoms with E-state index in [-0.39, 0.29) is 4.47 Å². The summed E-state index contributed by atoms with van der Waals surface area (Å²) in [5.41, 5.74) is -0.658. The largest absolute Gasteiger partial charge is 0.224 e. The minimum absolute atomic E-state index is 0.120. The van der Waals surface area contributed by atoms with E-state index in [4.69, 9.17) is 9.60 Å². The molecule has 60 valence electrons. The third-order valence-corrected chi connectivity index (χ3v) is 1.47. The highest BCUT2D eigenvalue weighted by Gasteiger charge is 2.03. The molecule has 0 saturated heterocycles. The summed E-state index contributed by atoms with van der Waals surface area (Å²) in [6.45, 7) is -6.34. The Labute approximate surface area is 83.6 Å². The zero-order chi connectivity index (χ0) is 14.4. The molecule has 0 aliphatic heterocycles. The van der Waals surface area contributed by atoms with Gasteiger partial charge in [0.25, 0.3) is 0 Å². The van der Waals surface area contributed by atoms with Gasteiger partial charge in [-0.1, -0.05) is 29.6 Å². The lowest BCUT2D eigenvalue weighted by molar-refractivity contribution is 0.570. The van der Waals surface area contributed by atoms with Crippen molar-refractivity contribution < 1.29 is 14.0 Å². The molecule has 1 aromatic heterocycles. The summed E-state index contributed by atoms with van der Waals surface area (Å²) in [4.78, 5) is 3.23. The molecular weight excluding hydrogens is 209 g/mol. The second kappa shape index (κ2) is 3.30. The molecule has 0 unspecified atom stereocenters. The van der Waals surface area contributed by atoms with E-state index in [2.05, 4.69) is 20.9 Å². The van der Waals surface area contributed by atoms with Gasteiger partial charge in [0.15, 0.2) is 0 Å². The summed E-state index contributed by atoms with van der Waals surface area (Å²) in [5.74, 6) is -4.03. The normalized spacial score (nSPS) is 23.3. The van der Waals surface area contributed by atoms with Gasteiger partial charge in [0.1, 0.15) is 0 Å². The molecule has 1 heterocycles. The lowest BCUT2D eigenvalue weighted by Gasteiger charge is -2.03. The minimum atomic E-state index is -3.17. The van der Waals surface area contributed by atoms with Crippen LogP contribution in [0.2, 0.25) is 0 Å². The summed E-state index contributed by atoms with van der Waals surface area (Å²) in [7, 11) is 0. The molecule has 0 bridgehead atoms. The number of halogens is 2. The smallest absolute Gasteiger partial charge is 0.214 e. The molecular formula is C8H9BrFN. The van der Waals surface area contributed by atoms with Crippen molar-refractivity contribution in [1.29, 1.82) is 0 Å². The first-order valence-corrected chi connectivity index (χ1v) is 3.52. The maximum absolute atomic E-state index is 13.1. The molecule has 3 heteroatoms. The molecule has 0 N–H and O–H groups in total. The summed E-state index contributed by atoms with van der Waals surface area (Å²) in [5, 5.41) is 0. The fourth-order valence-electron chi connectivity index (χ4n) is 0.594. The number of aromatic nitrogens is 1. The van der Waals surface area contributed by atoms with Crippen LogP contribution in [0.5, 0.6) is 0 Å². The zero-order valence-corrected chi connectivity index (χ0v) is 6.94. The molecule has 1 nitrogen and oxygen atoms in total. The van der Waals surface area contributed by atoms with Crippen LogP contribution < -0.4 is 0 Å². The monoisotopic (exact) mass is 224 g/mol. The Morgan fingerprint density at radius 1 is 1.73 bits per heavy atom. The minimum Gasteiger partial charge on any atom is -0.224 e. The molecule has 1 aromatic rings. The van der Waals surface area contributed by atoms with E-state index in [1.54, 1.807) is 0 Å². The first kappa shape index (κ1) is 3.13. The molecule has 0 amide bonds. The van der Waals surface area contributed by atoms with Gasteiger partial charge >= 0.3 is 0 Å². The van der Waals surface area contributed by atoms with Crippen LogP contribution in [-0.2, 0) is 0 Å². The molecule has 0 aliphatic rings. The van der Waals surface area contributed by atoms with E-state index < -0.39 is 31.2 Å². The van der Waals surface area contributed by atoms with Crippen LogP contribution in [-0.4, -0.2) is 4.98 Å². The van der Waals surface area contributed by atoms with Crippen LogP contribution in [0.4, 0.5) is 4.39 Å². The number of hydrogen-bond donors (Lipinski definition) is 0. The van der Waals surface area contributed by atoms with Gasteiger partial charge in [-0.2, -0.15) is 4.39 Å². The van der Waals surface area contributed by atoms with E-state index in [1.165, 1.54) is 0 Å². The summed E-state index contributed by atoms with van der Waals surface area (Å²) in [6.07, 6.45) is 0. The lowest BCUT2D eigenvalue weighted by atomic mass is 10.1. The fraction of sp³-hybridized carbons (Fsp3) is 0.375. The molecule has 0 saturated carbocycles. The maximum atomic E-state index is 13.1. The number of pyridine rings is 1. The van der Waals surface area contributed by atoms with Crippen molar-refractivity contribution in [2.75, 3.05) is 0 Å². The second-order valence-corrected chi connectivity index (χ2v) is 2.78. The van der Waals surface area contributed by atoms with Gasteiger partial charge < -0.3 is 0 Å². The number of nitrogens with zero attached hydrogens (tertiary/aromatic N) is 1. The van der Waals surface area contributed by atoms with Crippen LogP contribution >= 0.6 is 15.9 Å². The number of hydrogen-bond acceptors (Lipinski definition) is 1. The van der Waals surface area contributed by atoms with Crippen LogP contribution in [0.1, 0.15) is 34.9 Å². The van der Waals surface area contributed by atoms with Crippen molar-refractivity contribution in [3.8, 4) is 0 Å². The van der Waals surface area contributed by atoms with Gasteiger partial charge in [-0.3, -0.25) is 0 Å². The molecule has 0 spiro atoms. The van der Waals surface area contributed by atoms with Gasteiger partial charge in [-0.15, -0.1) is 0 Å². The van der Waals surface area contributed by atoms with Crippen LogP contribution in [0.25, 0.3) is 0 Å². The average Bonchev–Trinajstić information content (AvgIpc) is 2.11. The second-order valence-electron chi connectivity index (χ2n) is 1.87. The van der Waals surface area contributed by atoms with Crippen molar-refractivity contribution in [1.82, 2.24) is 4.98 Å². The summed E-state index contributed by atoms with van der Waals surface area (Å²) in [6, 6.07) is 1.97. The molecule has 0 aromatic carbocycles. The van der Waals surface area contributed by atoms with E-state index in [1.807, 2.05) is 0 Å². The number of rotatable bonds is 1. The molecule has 0 aliphatic carbocycles. The van der Waals surface area contributed by atoms with Gasteiger partial charge in [0.05, 0.1) is 0 Å². The third-order valence-electron chi connectivity index (χ3n) is 1.01. The quantitative estimate of drug-likeness (QED) is 0.669. The highest BCUT2D eigenvalue weighted by Crippen LogP contribution is 2.17. The first-order valence-electron chi connectivity index (χ1n) is 6.23. The van der Waals surface area contributed by atoms with E-state index in [0.29, 0.717) is 0 Å². The first-order chi connectivity index (χ1) is 7.89. The molecule has 0 atom stereocenters. The zero-order valence-electron chi connectivity index (χ0n) is 12.4. The van der Waals surface area contributed by atoms with Crippen molar-refractivity contribution in [3.05, 3.63) is 28.2 Å². The molecule has 0 fully saturated rings. The third kappa shape index (κ3) is 2.26. The van der Waals surface area contributed by atoms with E-state index in [0.717, 1.165) is 12.1 Å². The Kier molecular flexibility index (Phi) is 0.940. The van der Waals surface area contributed by atoms with E-state index in [9.17, 15) is 4.39 Å². The Hall–Kier alpha value is -0.440. The van der Waals surface area contributed by atoms with Crippen LogP contribution in [0.15, 0.2) is 16.6 Å². The summed E-state index contributed by atoms with van der Waals surface area (Å²) >= 11 is 2.91. The Morgan fingerprint density at radius 2 is 2.45 bits per heavy atom. The van der Waals surface area contributed by atoms with Crippen LogP contribution in [0.3, 0.4) is 0 Å². The fourth-order valence-corrected chi connectivity index (χ4v) is 0.999. The van der Waals surface area contributed by atoms with Crippen molar-refractivity contribution in [3.63, 3.8) is 0 Å². The standard InChI is InChI=1S/C8H9BrFN/c1-5(2)7-3-6(9)4-8(10)11-7/h3-5H,1-2H3/i1D3,2D3,5D. The Balaban J connectivity index is 3.55. The molecule has 11 heavy (non-hydrogen) atoms.